The maximum atomic E-state index is 6.28. The van der Waals surface area contributed by atoms with E-state index in [1.165, 1.54) is 0 Å². The van der Waals surface area contributed by atoms with Crippen LogP contribution < -0.4 is 5.73 Å². The summed E-state index contributed by atoms with van der Waals surface area (Å²) in [6.45, 7) is 13.1. The number of nitrogens with two attached hydrogens (primary N) is 1. The van der Waals surface area contributed by atoms with Gasteiger partial charge in [-0.3, -0.25) is 15.2 Å². The first-order valence-electron chi connectivity index (χ1n) is 6.83. The van der Waals surface area contributed by atoms with Crippen molar-refractivity contribution in [2.24, 2.45) is 5.73 Å². The molecule has 0 bridgehead atoms. The summed E-state index contributed by atoms with van der Waals surface area (Å²) >= 11 is 0. The van der Waals surface area contributed by atoms with Gasteiger partial charge in [0.2, 0.25) is 0 Å². The SMILES string of the molecule is CCCN(CCC)C(N)=[N+](CCC)CCC. The molecule has 2 N–H and O–H groups in total. The highest BCUT2D eigenvalue weighted by atomic mass is 15.3. The highest BCUT2D eigenvalue weighted by Crippen LogP contribution is 1.96. The van der Waals surface area contributed by atoms with Crippen molar-refractivity contribution in [2.45, 2.75) is 53.4 Å². The second-order valence-corrected chi connectivity index (χ2v) is 4.33. The first kappa shape index (κ1) is 15.3. The van der Waals surface area contributed by atoms with Gasteiger partial charge in [-0.05, 0) is 25.7 Å². The Morgan fingerprint density at radius 1 is 0.875 bits per heavy atom. The molecule has 3 heteroatoms. The lowest BCUT2D eigenvalue weighted by atomic mass is 10.3. The molecule has 0 saturated carbocycles. The third-order valence-corrected chi connectivity index (χ3v) is 2.62. The average Bonchev–Trinajstić information content (AvgIpc) is 2.27. The first-order chi connectivity index (χ1) is 7.71. The molecule has 0 aromatic rings. The molecule has 0 aliphatic heterocycles. The van der Waals surface area contributed by atoms with Crippen molar-refractivity contribution in [1.29, 1.82) is 0 Å². The van der Waals surface area contributed by atoms with E-state index in [-0.39, 0.29) is 0 Å². The number of guanidine groups is 1. The monoisotopic (exact) mass is 228 g/mol. The zero-order valence-corrected chi connectivity index (χ0v) is 11.6. The van der Waals surface area contributed by atoms with Crippen molar-refractivity contribution in [3.05, 3.63) is 0 Å². The van der Waals surface area contributed by atoms with Crippen LogP contribution in [0.5, 0.6) is 0 Å². The van der Waals surface area contributed by atoms with E-state index in [1.54, 1.807) is 0 Å². The fraction of sp³-hybridized carbons (Fsp3) is 0.923. The Morgan fingerprint density at radius 2 is 1.31 bits per heavy atom. The van der Waals surface area contributed by atoms with E-state index >= 15 is 0 Å². The predicted molar refractivity (Wildman–Crippen MR) is 71.9 cm³/mol. The van der Waals surface area contributed by atoms with Crippen molar-refractivity contribution in [3.8, 4) is 0 Å². The Labute approximate surface area is 101 Å². The minimum absolute atomic E-state index is 0.979. The van der Waals surface area contributed by atoms with Crippen LogP contribution >= 0.6 is 0 Å². The van der Waals surface area contributed by atoms with Crippen LogP contribution in [0.15, 0.2) is 0 Å². The number of rotatable bonds is 8. The first-order valence-corrected chi connectivity index (χ1v) is 6.83. The molecule has 16 heavy (non-hydrogen) atoms. The highest BCUT2D eigenvalue weighted by Gasteiger charge is 2.16. The van der Waals surface area contributed by atoms with Gasteiger partial charge in [0.1, 0.15) is 0 Å². The molecule has 0 amide bonds. The zero-order chi connectivity index (χ0) is 12.4. The van der Waals surface area contributed by atoms with Gasteiger partial charge in [-0.1, -0.05) is 27.7 Å². The number of nitrogens with zero attached hydrogens (tertiary/aromatic N) is 2. The Kier molecular flexibility index (Phi) is 9.06. The van der Waals surface area contributed by atoms with Crippen molar-refractivity contribution in [3.63, 3.8) is 0 Å². The highest BCUT2D eigenvalue weighted by molar-refractivity contribution is 5.72. The van der Waals surface area contributed by atoms with E-state index in [0.29, 0.717) is 0 Å². The van der Waals surface area contributed by atoms with Crippen LogP contribution in [0.25, 0.3) is 0 Å². The van der Waals surface area contributed by atoms with Crippen LogP contribution in [0, 0.1) is 0 Å². The molecule has 3 nitrogen and oxygen atoms in total. The fourth-order valence-corrected chi connectivity index (χ4v) is 1.96. The molecule has 0 radical (unpaired) electrons. The largest absolute Gasteiger partial charge is 0.345 e. The summed E-state index contributed by atoms with van der Waals surface area (Å²) in [5.74, 6) is 0.979. The van der Waals surface area contributed by atoms with Gasteiger partial charge in [-0.2, -0.15) is 0 Å². The predicted octanol–water partition coefficient (Wildman–Crippen LogP) is 2.26. The van der Waals surface area contributed by atoms with Crippen LogP contribution in [0.4, 0.5) is 0 Å². The molecule has 0 fully saturated rings. The molecule has 0 aliphatic carbocycles. The van der Waals surface area contributed by atoms with Crippen molar-refractivity contribution in [2.75, 3.05) is 26.2 Å². The topological polar surface area (TPSA) is 32.3 Å². The van der Waals surface area contributed by atoms with Gasteiger partial charge in [0.15, 0.2) is 0 Å². The van der Waals surface area contributed by atoms with E-state index in [4.69, 9.17) is 5.73 Å². The van der Waals surface area contributed by atoms with E-state index in [2.05, 4.69) is 37.2 Å². The van der Waals surface area contributed by atoms with Crippen LogP contribution in [0.3, 0.4) is 0 Å². The Hall–Kier alpha value is -0.730. The molecule has 0 spiro atoms. The van der Waals surface area contributed by atoms with E-state index < -0.39 is 0 Å². The fourth-order valence-electron chi connectivity index (χ4n) is 1.96. The zero-order valence-electron chi connectivity index (χ0n) is 11.6. The van der Waals surface area contributed by atoms with Gasteiger partial charge in [0.05, 0.1) is 26.2 Å². The minimum atomic E-state index is 0.979. The quantitative estimate of drug-likeness (QED) is 0.393. The lowest BCUT2D eigenvalue weighted by Crippen LogP contribution is -2.45. The molecular weight excluding hydrogens is 198 g/mol. The Morgan fingerprint density at radius 3 is 1.62 bits per heavy atom. The van der Waals surface area contributed by atoms with E-state index in [1.807, 2.05) is 0 Å². The molecule has 0 aliphatic rings. The second kappa shape index (κ2) is 9.49. The normalized spacial score (nSPS) is 10.2. The standard InChI is InChI=1S/C13H29N3/c1-5-9-15(10-6-2)13(14)16(11-7-3)12-8-4/h14H,5-12H2,1-4H3/p+1. The number of hydrogen-bond acceptors (Lipinski definition) is 0. The van der Waals surface area contributed by atoms with Crippen molar-refractivity contribution < 1.29 is 4.58 Å². The van der Waals surface area contributed by atoms with E-state index in [9.17, 15) is 0 Å². The molecule has 0 unspecified atom stereocenters. The number of hydrogen-bond donors (Lipinski definition) is 1. The van der Waals surface area contributed by atoms with Gasteiger partial charge in [0.25, 0.3) is 0 Å². The van der Waals surface area contributed by atoms with E-state index in [0.717, 1.165) is 57.8 Å². The summed E-state index contributed by atoms with van der Waals surface area (Å²) in [5, 5.41) is 0. The van der Waals surface area contributed by atoms with Gasteiger partial charge >= 0.3 is 5.96 Å². The molecule has 0 rings (SSSR count). The summed E-state index contributed by atoms with van der Waals surface area (Å²) in [7, 11) is 0. The summed E-state index contributed by atoms with van der Waals surface area (Å²) in [5.41, 5.74) is 6.28. The van der Waals surface area contributed by atoms with Gasteiger partial charge in [0, 0.05) is 0 Å². The third kappa shape index (κ3) is 5.38. The minimum Gasteiger partial charge on any atom is -0.291 e. The molecule has 0 saturated heterocycles. The van der Waals surface area contributed by atoms with Crippen LogP contribution in [-0.4, -0.2) is 41.6 Å². The third-order valence-electron chi connectivity index (χ3n) is 2.62. The smallest absolute Gasteiger partial charge is 0.291 e. The second-order valence-electron chi connectivity index (χ2n) is 4.33. The lowest BCUT2D eigenvalue weighted by molar-refractivity contribution is -0.533. The average molecular weight is 228 g/mol. The lowest BCUT2D eigenvalue weighted by Gasteiger charge is -2.20. The summed E-state index contributed by atoms with van der Waals surface area (Å²) < 4.78 is 2.32. The van der Waals surface area contributed by atoms with Crippen molar-refractivity contribution in [1.82, 2.24) is 4.90 Å². The molecule has 0 aromatic carbocycles. The Bertz CT molecular complexity index is 185. The van der Waals surface area contributed by atoms with Crippen LogP contribution in [0.1, 0.15) is 53.4 Å². The van der Waals surface area contributed by atoms with Crippen LogP contribution in [-0.2, 0) is 0 Å². The summed E-state index contributed by atoms with van der Waals surface area (Å²) in [6.07, 6.45) is 4.64. The molecule has 0 heterocycles. The summed E-state index contributed by atoms with van der Waals surface area (Å²) in [4.78, 5) is 2.32. The molecule has 0 atom stereocenters. The molecule has 96 valence electrons. The maximum Gasteiger partial charge on any atom is 0.345 e. The van der Waals surface area contributed by atoms with Gasteiger partial charge < -0.3 is 0 Å². The molecule has 0 aromatic heterocycles. The van der Waals surface area contributed by atoms with Crippen molar-refractivity contribution >= 4 is 5.96 Å². The van der Waals surface area contributed by atoms with Crippen LogP contribution in [0.2, 0.25) is 0 Å². The van der Waals surface area contributed by atoms with Gasteiger partial charge in [-0.15, -0.1) is 0 Å². The Balaban J connectivity index is 4.68. The molecular formula is C13H30N3+. The summed E-state index contributed by atoms with van der Waals surface area (Å²) in [6, 6.07) is 0. The van der Waals surface area contributed by atoms with Gasteiger partial charge in [-0.25, -0.2) is 0 Å². The maximum absolute atomic E-state index is 6.28.